The molecule has 0 nitrogen and oxygen atoms in total. The van der Waals surface area contributed by atoms with Crippen LogP contribution in [0.4, 0.5) is 0 Å². The van der Waals surface area contributed by atoms with E-state index in [1.807, 2.05) is 0 Å². The molecule has 0 fully saturated rings. The van der Waals surface area contributed by atoms with Crippen LogP contribution in [0.1, 0.15) is 57.1 Å². The summed E-state index contributed by atoms with van der Waals surface area (Å²) in [5.41, 5.74) is 2.82. The van der Waals surface area contributed by atoms with Gasteiger partial charge in [-0.3, -0.25) is 0 Å². The Morgan fingerprint density at radius 2 is 1.69 bits per heavy atom. The molecule has 0 saturated carbocycles. The molecule has 1 atom stereocenters. The summed E-state index contributed by atoms with van der Waals surface area (Å²) in [5.74, 6) is 0.620. The molecule has 0 bridgehead atoms. The number of hydrogen-bond acceptors (Lipinski definition) is 0. The van der Waals surface area contributed by atoms with E-state index in [1.54, 1.807) is 0 Å². The highest BCUT2D eigenvalue weighted by Crippen LogP contribution is 2.17. The monoisotopic (exact) mass is 238 g/mol. The zero-order chi connectivity index (χ0) is 12.0. The van der Waals surface area contributed by atoms with Crippen molar-refractivity contribution in [1.82, 2.24) is 0 Å². The SMILES string of the molecule is CCCC(Cl)CCc1ccc(C(C)C)cc1. The molecule has 1 rings (SSSR count). The molecule has 0 N–H and O–H groups in total. The molecule has 0 heterocycles. The first kappa shape index (κ1) is 13.6. The second-order valence-electron chi connectivity index (χ2n) is 4.82. The van der Waals surface area contributed by atoms with E-state index >= 15 is 0 Å². The van der Waals surface area contributed by atoms with E-state index in [-0.39, 0.29) is 0 Å². The maximum atomic E-state index is 6.21. The van der Waals surface area contributed by atoms with Gasteiger partial charge in [-0.1, -0.05) is 51.5 Å². The van der Waals surface area contributed by atoms with Crippen LogP contribution in [0, 0.1) is 0 Å². The summed E-state index contributed by atoms with van der Waals surface area (Å²) in [6.45, 7) is 6.64. The minimum atomic E-state index is 0.342. The van der Waals surface area contributed by atoms with Crippen molar-refractivity contribution in [3.8, 4) is 0 Å². The van der Waals surface area contributed by atoms with Crippen LogP contribution < -0.4 is 0 Å². The third-order valence-corrected chi connectivity index (χ3v) is 3.43. The van der Waals surface area contributed by atoms with Crippen molar-refractivity contribution in [2.45, 2.75) is 57.7 Å². The predicted octanol–water partition coefficient (Wildman–Crippen LogP) is 5.15. The molecule has 0 aliphatic heterocycles. The third-order valence-electron chi connectivity index (χ3n) is 2.99. The molecular formula is C15H23Cl. The molecule has 0 saturated heterocycles. The number of rotatable bonds is 6. The summed E-state index contributed by atoms with van der Waals surface area (Å²) in [6.07, 6.45) is 4.51. The lowest BCUT2D eigenvalue weighted by Crippen LogP contribution is -2.00. The Morgan fingerprint density at radius 1 is 1.06 bits per heavy atom. The van der Waals surface area contributed by atoms with E-state index in [0.717, 1.165) is 19.3 Å². The summed E-state index contributed by atoms with van der Waals surface area (Å²) in [4.78, 5) is 0. The molecule has 1 aromatic carbocycles. The van der Waals surface area contributed by atoms with Crippen LogP contribution in [0.15, 0.2) is 24.3 Å². The van der Waals surface area contributed by atoms with Crippen molar-refractivity contribution >= 4 is 11.6 Å². The Kier molecular flexibility index (Phi) is 5.90. The summed E-state index contributed by atoms with van der Waals surface area (Å²) in [6, 6.07) is 8.96. The second kappa shape index (κ2) is 6.96. The quantitative estimate of drug-likeness (QED) is 0.602. The summed E-state index contributed by atoms with van der Waals surface area (Å²) in [7, 11) is 0. The Hall–Kier alpha value is -0.490. The van der Waals surface area contributed by atoms with Crippen molar-refractivity contribution in [2.24, 2.45) is 0 Å². The predicted molar refractivity (Wildman–Crippen MR) is 73.4 cm³/mol. The average Bonchev–Trinajstić information content (AvgIpc) is 2.27. The van der Waals surface area contributed by atoms with Gasteiger partial charge in [0.1, 0.15) is 0 Å². The second-order valence-corrected chi connectivity index (χ2v) is 5.44. The first-order chi connectivity index (χ1) is 7.63. The van der Waals surface area contributed by atoms with Gasteiger partial charge in [-0.15, -0.1) is 11.6 Å². The van der Waals surface area contributed by atoms with Gasteiger partial charge in [0.05, 0.1) is 0 Å². The van der Waals surface area contributed by atoms with Gasteiger partial charge in [-0.05, 0) is 36.3 Å². The van der Waals surface area contributed by atoms with Crippen LogP contribution in [0.25, 0.3) is 0 Å². The lowest BCUT2D eigenvalue weighted by molar-refractivity contribution is 0.675. The molecule has 90 valence electrons. The third kappa shape index (κ3) is 4.57. The fourth-order valence-corrected chi connectivity index (χ4v) is 2.18. The molecule has 1 unspecified atom stereocenters. The Labute approximate surface area is 105 Å². The van der Waals surface area contributed by atoms with Gasteiger partial charge in [-0.2, -0.15) is 0 Å². The molecule has 0 aromatic heterocycles. The van der Waals surface area contributed by atoms with Gasteiger partial charge < -0.3 is 0 Å². The molecular weight excluding hydrogens is 216 g/mol. The molecule has 1 aromatic rings. The van der Waals surface area contributed by atoms with Gasteiger partial charge in [0.2, 0.25) is 0 Å². The van der Waals surface area contributed by atoms with E-state index in [4.69, 9.17) is 11.6 Å². The van der Waals surface area contributed by atoms with E-state index in [0.29, 0.717) is 11.3 Å². The lowest BCUT2D eigenvalue weighted by atomic mass is 9.99. The molecule has 0 aliphatic carbocycles. The van der Waals surface area contributed by atoms with Crippen LogP contribution in [0.5, 0.6) is 0 Å². The fraction of sp³-hybridized carbons (Fsp3) is 0.600. The average molecular weight is 239 g/mol. The normalized spacial score (nSPS) is 13.1. The molecule has 16 heavy (non-hydrogen) atoms. The van der Waals surface area contributed by atoms with Crippen LogP contribution in [-0.4, -0.2) is 5.38 Å². The Balaban J connectivity index is 2.43. The van der Waals surface area contributed by atoms with Crippen LogP contribution in [0.2, 0.25) is 0 Å². The summed E-state index contributed by atoms with van der Waals surface area (Å²) >= 11 is 6.21. The number of aryl methyl sites for hydroxylation is 1. The van der Waals surface area contributed by atoms with Crippen molar-refractivity contribution < 1.29 is 0 Å². The highest BCUT2D eigenvalue weighted by molar-refractivity contribution is 6.20. The zero-order valence-corrected chi connectivity index (χ0v) is 11.4. The maximum Gasteiger partial charge on any atom is 0.0339 e. The van der Waals surface area contributed by atoms with Gasteiger partial charge in [-0.25, -0.2) is 0 Å². The first-order valence-corrected chi connectivity index (χ1v) is 6.80. The lowest BCUT2D eigenvalue weighted by Gasteiger charge is -2.09. The fourth-order valence-electron chi connectivity index (χ4n) is 1.85. The van der Waals surface area contributed by atoms with Crippen molar-refractivity contribution in [3.05, 3.63) is 35.4 Å². The molecule has 0 spiro atoms. The maximum absolute atomic E-state index is 6.21. The number of hydrogen-bond donors (Lipinski definition) is 0. The molecule has 1 heteroatoms. The number of halogens is 1. The van der Waals surface area contributed by atoms with Gasteiger partial charge in [0.25, 0.3) is 0 Å². The van der Waals surface area contributed by atoms with Gasteiger partial charge >= 0.3 is 0 Å². The molecule has 0 aliphatic rings. The highest BCUT2D eigenvalue weighted by atomic mass is 35.5. The van der Waals surface area contributed by atoms with E-state index < -0.39 is 0 Å². The topological polar surface area (TPSA) is 0 Å². The highest BCUT2D eigenvalue weighted by Gasteiger charge is 2.04. The first-order valence-electron chi connectivity index (χ1n) is 6.36. The molecule has 0 amide bonds. The summed E-state index contributed by atoms with van der Waals surface area (Å²) in [5, 5.41) is 0.342. The molecule has 0 radical (unpaired) electrons. The zero-order valence-electron chi connectivity index (χ0n) is 10.7. The minimum Gasteiger partial charge on any atom is -0.123 e. The number of alkyl halides is 1. The van der Waals surface area contributed by atoms with E-state index in [9.17, 15) is 0 Å². The van der Waals surface area contributed by atoms with Gasteiger partial charge in [0, 0.05) is 5.38 Å². The van der Waals surface area contributed by atoms with Crippen LogP contribution in [0.3, 0.4) is 0 Å². The van der Waals surface area contributed by atoms with Gasteiger partial charge in [0.15, 0.2) is 0 Å². The summed E-state index contributed by atoms with van der Waals surface area (Å²) < 4.78 is 0. The van der Waals surface area contributed by atoms with Crippen LogP contribution in [-0.2, 0) is 6.42 Å². The van der Waals surface area contributed by atoms with Crippen LogP contribution >= 0.6 is 11.6 Å². The van der Waals surface area contributed by atoms with Crippen molar-refractivity contribution in [3.63, 3.8) is 0 Å². The van der Waals surface area contributed by atoms with Crippen molar-refractivity contribution in [2.75, 3.05) is 0 Å². The minimum absolute atomic E-state index is 0.342. The van der Waals surface area contributed by atoms with E-state index in [2.05, 4.69) is 45.0 Å². The number of benzene rings is 1. The Morgan fingerprint density at radius 3 is 2.19 bits per heavy atom. The standard InChI is InChI=1S/C15H23Cl/c1-4-5-15(16)11-8-13-6-9-14(10-7-13)12(2)3/h6-7,9-10,12,15H,4-5,8,11H2,1-3H3. The van der Waals surface area contributed by atoms with E-state index in [1.165, 1.54) is 17.5 Å². The Bertz CT molecular complexity index is 287. The largest absolute Gasteiger partial charge is 0.123 e. The smallest absolute Gasteiger partial charge is 0.0339 e. The van der Waals surface area contributed by atoms with Crippen molar-refractivity contribution in [1.29, 1.82) is 0 Å².